The molecule has 60 valence electrons. The maximum absolute atomic E-state index is 4.19. The Morgan fingerprint density at radius 2 is 1.42 bits per heavy atom. The maximum atomic E-state index is 4.19. The number of hydrogen-bond donors (Lipinski definition) is 0. The lowest BCUT2D eigenvalue weighted by atomic mass is 10.2. The predicted molar refractivity (Wildman–Crippen MR) is 48.2 cm³/mol. The second kappa shape index (κ2) is 2.77. The third kappa shape index (κ3) is 1.21. The molecular weight excluding hydrogens is 150 g/mol. The summed E-state index contributed by atoms with van der Waals surface area (Å²) in [4.78, 5) is 1.57. The molecule has 0 fully saturated rings. The van der Waals surface area contributed by atoms with E-state index in [9.17, 15) is 0 Å². The Labute approximate surface area is 70.7 Å². The largest absolute Gasteiger partial charge is 0.187 e. The van der Waals surface area contributed by atoms with Crippen LogP contribution in [0.2, 0.25) is 0 Å². The molecule has 0 aromatic carbocycles. The van der Waals surface area contributed by atoms with E-state index in [1.807, 2.05) is 43.5 Å². The third-order valence-electron chi connectivity index (χ3n) is 1.61. The van der Waals surface area contributed by atoms with Crippen molar-refractivity contribution in [2.24, 2.45) is 7.05 Å². The molecular formula is C9H9N3. The van der Waals surface area contributed by atoms with Gasteiger partial charge in [-0.2, -0.15) is 15.0 Å². The molecule has 1 aromatic heterocycles. The molecule has 0 saturated heterocycles. The van der Waals surface area contributed by atoms with Gasteiger partial charge < -0.3 is 0 Å². The zero-order valence-corrected chi connectivity index (χ0v) is 6.81. The van der Waals surface area contributed by atoms with Crippen LogP contribution in [0.15, 0.2) is 24.3 Å². The molecule has 1 aliphatic rings. The first-order valence-electron chi connectivity index (χ1n) is 3.79. The highest BCUT2D eigenvalue weighted by Crippen LogP contribution is 2.08. The first kappa shape index (κ1) is 7.03. The van der Waals surface area contributed by atoms with Crippen molar-refractivity contribution < 1.29 is 0 Å². The van der Waals surface area contributed by atoms with Crippen molar-refractivity contribution in [2.75, 3.05) is 0 Å². The Morgan fingerprint density at radius 1 is 0.917 bits per heavy atom. The summed E-state index contributed by atoms with van der Waals surface area (Å²) >= 11 is 0. The van der Waals surface area contributed by atoms with Crippen molar-refractivity contribution in [3.63, 3.8) is 0 Å². The topological polar surface area (TPSA) is 30.7 Å². The monoisotopic (exact) mass is 159 g/mol. The van der Waals surface area contributed by atoms with Crippen LogP contribution in [0.5, 0.6) is 0 Å². The summed E-state index contributed by atoms with van der Waals surface area (Å²) < 4.78 is 0. The molecule has 0 spiro atoms. The molecule has 0 saturated carbocycles. The molecule has 0 unspecified atom stereocenters. The van der Waals surface area contributed by atoms with E-state index in [2.05, 4.69) is 10.2 Å². The quantitative estimate of drug-likeness (QED) is 0.573. The van der Waals surface area contributed by atoms with Crippen LogP contribution in [0, 0.1) is 0 Å². The van der Waals surface area contributed by atoms with Gasteiger partial charge in [-0.1, -0.05) is 24.3 Å². The maximum Gasteiger partial charge on any atom is 0.113 e. The van der Waals surface area contributed by atoms with Crippen molar-refractivity contribution in [1.82, 2.24) is 15.0 Å². The van der Waals surface area contributed by atoms with Gasteiger partial charge in [0.15, 0.2) is 0 Å². The van der Waals surface area contributed by atoms with Crippen LogP contribution in [0.4, 0.5) is 0 Å². The summed E-state index contributed by atoms with van der Waals surface area (Å²) in [6.07, 6.45) is 11.7. The highest BCUT2D eigenvalue weighted by Gasteiger charge is 2.02. The molecule has 1 aliphatic carbocycles. The van der Waals surface area contributed by atoms with Gasteiger partial charge in [0.05, 0.1) is 0 Å². The van der Waals surface area contributed by atoms with Gasteiger partial charge in [-0.05, 0) is 12.2 Å². The van der Waals surface area contributed by atoms with Crippen LogP contribution in [0.3, 0.4) is 0 Å². The number of hydrogen-bond acceptors (Lipinski definition) is 2. The fourth-order valence-electron chi connectivity index (χ4n) is 1.10. The molecule has 0 N–H and O–H groups in total. The van der Waals surface area contributed by atoms with Gasteiger partial charge in [0.2, 0.25) is 0 Å². The molecule has 2 rings (SSSR count). The van der Waals surface area contributed by atoms with Gasteiger partial charge in [0, 0.05) is 7.05 Å². The van der Waals surface area contributed by atoms with E-state index in [0.29, 0.717) is 0 Å². The molecule has 1 heterocycles. The molecule has 0 radical (unpaired) electrons. The SMILES string of the molecule is Cn1nc2c(n1)C=CC=CC=C2. The standard InChI is InChI=1S/C9H9N3/c1-12-10-8-6-4-2-3-5-7-9(8)11-12/h2-7H,1H3. The normalized spacial score (nSPS) is 14.1. The van der Waals surface area contributed by atoms with E-state index < -0.39 is 0 Å². The Morgan fingerprint density at radius 3 is 1.92 bits per heavy atom. The van der Waals surface area contributed by atoms with Gasteiger partial charge in [-0.3, -0.25) is 0 Å². The van der Waals surface area contributed by atoms with Crippen LogP contribution >= 0.6 is 0 Å². The van der Waals surface area contributed by atoms with Crippen LogP contribution < -0.4 is 0 Å². The van der Waals surface area contributed by atoms with Crippen molar-refractivity contribution in [2.45, 2.75) is 0 Å². The van der Waals surface area contributed by atoms with Crippen LogP contribution in [-0.4, -0.2) is 15.0 Å². The molecule has 0 amide bonds. The lowest BCUT2D eigenvalue weighted by Crippen LogP contribution is -1.91. The van der Waals surface area contributed by atoms with Crippen molar-refractivity contribution in [1.29, 1.82) is 0 Å². The fraction of sp³-hybridized carbons (Fsp3) is 0.111. The Bertz CT molecular complexity index is 336. The Hall–Kier alpha value is -1.64. The minimum absolute atomic E-state index is 0.915. The zero-order chi connectivity index (χ0) is 8.39. The third-order valence-corrected chi connectivity index (χ3v) is 1.61. The summed E-state index contributed by atoms with van der Waals surface area (Å²) in [7, 11) is 1.82. The Kier molecular flexibility index (Phi) is 1.63. The van der Waals surface area contributed by atoms with E-state index in [0.717, 1.165) is 11.4 Å². The highest BCUT2D eigenvalue weighted by molar-refractivity contribution is 5.62. The Balaban J connectivity index is 2.53. The van der Waals surface area contributed by atoms with Crippen LogP contribution in [0.25, 0.3) is 12.2 Å². The summed E-state index contributed by atoms with van der Waals surface area (Å²) in [6, 6.07) is 0. The van der Waals surface area contributed by atoms with Gasteiger partial charge in [-0.25, -0.2) is 0 Å². The number of aryl methyl sites for hydroxylation is 1. The lowest BCUT2D eigenvalue weighted by molar-refractivity contribution is 0.651. The molecule has 1 aromatic rings. The molecule has 3 nitrogen and oxygen atoms in total. The van der Waals surface area contributed by atoms with Gasteiger partial charge in [0.25, 0.3) is 0 Å². The van der Waals surface area contributed by atoms with Crippen molar-refractivity contribution in [3.05, 3.63) is 35.7 Å². The number of fused-ring (bicyclic) bond motifs is 1. The summed E-state index contributed by atoms with van der Waals surface area (Å²) in [5.74, 6) is 0. The summed E-state index contributed by atoms with van der Waals surface area (Å²) in [5.41, 5.74) is 1.83. The number of aromatic nitrogens is 3. The average molecular weight is 159 g/mol. The first-order valence-corrected chi connectivity index (χ1v) is 3.79. The minimum atomic E-state index is 0.915. The molecule has 0 bridgehead atoms. The lowest BCUT2D eigenvalue weighted by Gasteiger charge is -1.87. The smallest absolute Gasteiger partial charge is 0.113 e. The van der Waals surface area contributed by atoms with E-state index in [4.69, 9.17) is 0 Å². The molecule has 12 heavy (non-hydrogen) atoms. The number of allylic oxidation sites excluding steroid dienone is 4. The second-order valence-corrected chi connectivity index (χ2v) is 2.56. The van der Waals surface area contributed by atoms with E-state index in [-0.39, 0.29) is 0 Å². The van der Waals surface area contributed by atoms with Crippen LogP contribution in [0.1, 0.15) is 11.4 Å². The van der Waals surface area contributed by atoms with Gasteiger partial charge in [-0.15, -0.1) is 0 Å². The minimum Gasteiger partial charge on any atom is -0.187 e. The molecule has 0 atom stereocenters. The van der Waals surface area contributed by atoms with E-state index >= 15 is 0 Å². The fourth-order valence-corrected chi connectivity index (χ4v) is 1.10. The molecule has 3 heteroatoms. The zero-order valence-electron chi connectivity index (χ0n) is 6.81. The average Bonchev–Trinajstić information content (AvgIpc) is 2.32. The van der Waals surface area contributed by atoms with E-state index in [1.165, 1.54) is 0 Å². The summed E-state index contributed by atoms with van der Waals surface area (Å²) in [5, 5.41) is 8.37. The first-order chi connectivity index (χ1) is 5.86. The van der Waals surface area contributed by atoms with Crippen molar-refractivity contribution >= 4 is 12.2 Å². The van der Waals surface area contributed by atoms with E-state index in [1.54, 1.807) is 4.80 Å². The molecule has 0 aliphatic heterocycles. The number of nitrogens with zero attached hydrogens (tertiary/aromatic N) is 3. The van der Waals surface area contributed by atoms with Crippen molar-refractivity contribution in [3.8, 4) is 0 Å². The predicted octanol–water partition coefficient (Wildman–Crippen LogP) is 1.41. The van der Waals surface area contributed by atoms with Crippen LogP contribution in [-0.2, 0) is 7.05 Å². The second-order valence-electron chi connectivity index (χ2n) is 2.56. The number of rotatable bonds is 0. The van der Waals surface area contributed by atoms with Gasteiger partial charge in [0.1, 0.15) is 11.4 Å². The summed E-state index contributed by atoms with van der Waals surface area (Å²) in [6.45, 7) is 0. The van der Waals surface area contributed by atoms with Gasteiger partial charge >= 0.3 is 0 Å². The highest BCUT2D eigenvalue weighted by atomic mass is 15.5.